The molecular weight excluding hydrogens is 772 g/mol. The highest BCUT2D eigenvalue weighted by Gasteiger charge is 2.61. The number of carbonyl (C=O) groups is 3. The van der Waals surface area contributed by atoms with Gasteiger partial charge in [0.1, 0.15) is 22.9 Å². The fourth-order valence-corrected chi connectivity index (χ4v) is 8.86. The lowest BCUT2D eigenvalue weighted by molar-refractivity contribution is -1.03. The third kappa shape index (κ3) is 8.43. The Kier molecular flexibility index (Phi) is 12.4. The van der Waals surface area contributed by atoms with E-state index in [-0.39, 0.29) is 69.8 Å². The average molecular weight is 815 g/mol. The highest BCUT2D eigenvalue weighted by Crippen LogP contribution is 2.45. The number of unbranched alkanes of at least 4 members (excludes halogenated alkanes) is 1. The van der Waals surface area contributed by atoms with Crippen LogP contribution >= 0.6 is 11.3 Å². The molecule has 0 radical (unpaired) electrons. The number of aliphatic hydroxyl groups is 1. The smallest absolute Gasteiger partial charge is 0.395 e. The number of halogens is 7. The normalized spacial score (nSPS) is 23.5. The van der Waals surface area contributed by atoms with E-state index < -0.39 is 74.7 Å². The predicted octanol–water partition coefficient (Wildman–Crippen LogP) is 6.50. The number of β-amino-alcohol motifs (C(OH)–C–C–N with tert-alkyl or cyclic N) is 1. The van der Waals surface area contributed by atoms with Gasteiger partial charge in [0, 0.05) is 74.9 Å². The van der Waals surface area contributed by atoms with Gasteiger partial charge in [-0.05, 0) is 55.2 Å². The first-order valence-electron chi connectivity index (χ1n) is 18.6. The van der Waals surface area contributed by atoms with Gasteiger partial charge >= 0.3 is 18.3 Å². The summed E-state index contributed by atoms with van der Waals surface area (Å²) in [5, 5.41) is 10.6. The molecule has 3 aliphatic heterocycles. The average Bonchev–Trinajstić information content (AvgIpc) is 3.65. The molecule has 56 heavy (non-hydrogen) atoms. The van der Waals surface area contributed by atoms with Crippen LogP contribution in [0.25, 0.3) is 0 Å². The van der Waals surface area contributed by atoms with Crippen molar-refractivity contribution in [3.63, 3.8) is 0 Å². The number of piperidine rings is 1. The van der Waals surface area contributed by atoms with Crippen LogP contribution < -0.4 is 4.84 Å². The van der Waals surface area contributed by atoms with Gasteiger partial charge < -0.3 is 19.7 Å². The first-order chi connectivity index (χ1) is 26.6. The van der Waals surface area contributed by atoms with Crippen LogP contribution in [0.1, 0.15) is 77.1 Å². The molecule has 2 saturated heterocycles. The SMILES string of the molecule is CCCC[C@@H]1[C@H](C(=O)[N+]2(Oc3csc(C(F)(F)F)c3)CCc3cc(F)ccc3C2C(=O)N2CCN(CCO)CC2)CCCN1C(=O)c1ncccc1C(F)(F)F. The number of thiophene rings is 1. The summed E-state index contributed by atoms with van der Waals surface area (Å²) < 4.78 is 97.5. The zero-order valence-corrected chi connectivity index (χ0v) is 31.4. The minimum atomic E-state index is -4.90. The van der Waals surface area contributed by atoms with Crippen LogP contribution in [0.4, 0.5) is 30.7 Å². The summed E-state index contributed by atoms with van der Waals surface area (Å²) in [5.41, 5.74) is -1.40. The minimum absolute atomic E-state index is 0.00772. The van der Waals surface area contributed by atoms with Crippen LogP contribution in [-0.4, -0.2) is 106 Å². The van der Waals surface area contributed by atoms with Gasteiger partial charge in [-0.15, -0.1) is 11.3 Å². The number of hydrogen-bond acceptors (Lipinski definition) is 8. The monoisotopic (exact) mass is 814 g/mol. The van der Waals surface area contributed by atoms with Crippen molar-refractivity contribution in [1.29, 1.82) is 0 Å². The number of amides is 3. The Bertz CT molecular complexity index is 1900. The largest absolute Gasteiger partial charge is 0.425 e. The molecule has 0 aliphatic carbocycles. The van der Waals surface area contributed by atoms with Crippen LogP contribution in [0, 0.1) is 11.7 Å². The van der Waals surface area contributed by atoms with Crippen molar-refractivity contribution in [1.82, 2.24) is 19.7 Å². The number of benzene rings is 1. The molecule has 2 aromatic heterocycles. The minimum Gasteiger partial charge on any atom is -0.395 e. The molecule has 0 bridgehead atoms. The number of alkyl halides is 6. The second-order valence-electron chi connectivity index (χ2n) is 14.3. The number of rotatable bonds is 10. The zero-order valence-electron chi connectivity index (χ0n) is 30.6. The quantitative estimate of drug-likeness (QED) is 0.184. The van der Waals surface area contributed by atoms with E-state index >= 15 is 4.79 Å². The van der Waals surface area contributed by atoms with E-state index in [0.717, 1.165) is 35.8 Å². The third-order valence-electron chi connectivity index (χ3n) is 10.9. The van der Waals surface area contributed by atoms with E-state index in [1.807, 2.05) is 11.8 Å². The molecule has 3 amide bonds. The summed E-state index contributed by atoms with van der Waals surface area (Å²) in [6.45, 7) is 2.99. The molecule has 304 valence electrons. The molecule has 3 aliphatic rings. The molecule has 1 aromatic carbocycles. The molecule has 3 aromatic rings. The van der Waals surface area contributed by atoms with Crippen molar-refractivity contribution in [2.45, 2.75) is 69.9 Å². The fourth-order valence-electron chi connectivity index (χ4n) is 8.19. The standard InChI is InChI=1S/C38H43F7N5O5S/c1-2-3-8-30-28(6-5-13-49(30)34(52)32-29(37(40,41)42)7-4-12-46-32)36(54)50(55-26-22-31(56-23-26)38(43,44)45)19-11-24-21-25(39)9-10-27(24)33(50)35(53)48-16-14-47(15-17-48)18-20-51/h4,7,9-10,12,21-23,28,30,33,51H,2-3,5-6,8,11,13-20H2,1H3/q+1/t28-,30-,33?,50?/m1/s1. The maximum atomic E-state index is 15.6. The summed E-state index contributed by atoms with van der Waals surface area (Å²) in [7, 11) is 0. The zero-order chi connectivity index (χ0) is 40.4. The number of quaternary nitrogens is 1. The van der Waals surface area contributed by atoms with Gasteiger partial charge in [0.2, 0.25) is 11.8 Å². The number of pyridine rings is 1. The fraction of sp³-hybridized carbons (Fsp3) is 0.526. The number of aromatic nitrogens is 1. The van der Waals surface area contributed by atoms with E-state index in [1.165, 1.54) is 21.9 Å². The van der Waals surface area contributed by atoms with Gasteiger partial charge in [-0.1, -0.05) is 24.4 Å². The molecule has 6 rings (SSSR count). The topological polar surface area (TPSA) is 103 Å². The number of fused-ring (bicyclic) bond motifs is 1. The number of hydrogen-bond donors (Lipinski definition) is 1. The molecule has 1 N–H and O–H groups in total. The van der Waals surface area contributed by atoms with E-state index in [2.05, 4.69) is 4.98 Å². The van der Waals surface area contributed by atoms with Crippen LogP contribution in [-0.2, 0) is 28.4 Å². The predicted molar refractivity (Wildman–Crippen MR) is 189 cm³/mol. The Labute approximate surface area is 323 Å². The number of nitrogens with zero attached hydrogens (tertiary/aromatic N) is 5. The third-order valence-corrected chi connectivity index (χ3v) is 11.8. The van der Waals surface area contributed by atoms with Crippen molar-refractivity contribution < 1.29 is 59.7 Å². The Morgan fingerprint density at radius 3 is 2.43 bits per heavy atom. The Balaban J connectivity index is 1.48. The maximum Gasteiger partial charge on any atom is 0.425 e. The molecule has 2 fully saturated rings. The van der Waals surface area contributed by atoms with Gasteiger partial charge in [0.05, 0.1) is 18.1 Å². The van der Waals surface area contributed by atoms with Gasteiger partial charge in [-0.3, -0.25) is 19.5 Å². The molecular formula is C38H43F7N5O5S+. The first kappa shape index (κ1) is 41.5. The first-order valence-corrected chi connectivity index (χ1v) is 19.5. The number of carbonyl (C=O) groups excluding carboxylic acids is 3. The van der Waals surface area contributed by atoms with Crippen molar-refractivity contribution >= 4 is 29.1 Å². The van der Waals surface area contributed by atoms with E-state index in [0.29, 0.717) is 49.4 Å². The molecule has 2 unspecified atom stereocenters. The summed E-state index contributed by atoms with van der Waals surface area (Å²) in [5.74, 6) is -4.39. The lowest BCUT2D eigenvalue weighted by Crippen LogP contribution is -2.68. The van der Waals surface area contributed by atoms with Crippen LogP contribution in [0.2, 0.25) is 0 Å². The summed E-state index contributed by atoms with van der Waals surface area (Å²) in [6.07, 6.45) is -7.00. The lowest BCUT2D eigenvalue weighted by atomic mass is 9.82. The second-order valence-corrected chi connectivity index (χ2v) is 15.2. The maximum absolute atomic E-state index is 15.6. The summed E-state index contributed by atoms with van der Waals surface area (Å²) >= 11 is 0.344. The van der Waals surface area contributed by atoms with E-state index in [9.17, 15) is 45.4 Å². The Hall–Kier alpha value is -4.13. The molecule has 0 saturated carbocycles. The van der Waals surface area contributed by atoms with Crippen molar-refractivity contribution in [2.75, 3.05) is 52.4 Å². The van der Waals surface area contributed by atoms with Gasteiger partial charge in [0.15, 0.2) is 0 Å². The highest BCUT2D eigenvalue weighted by molar-refractivity contribution is 7.10. The van der Waals surface area contributed by atoms with Gasteiger partial charge in [-0.25, -0.2) is 9.18 Å². The number of piperazine rings is 1. The Morgan fingerprint density at radius 2 is 1.77 bits per heavy atom. The van der Waals surface area contributed by atoms with Gasteiger partial charge in [-0.2, -0.15) is 26.3 Å². The summed E-state index contributed by atoms with van der Waals surface area (Å²) in [4.78, 5) is 58.6. The van der Waals surface area contributed by atoms with Crippen molar-refractivity contribution in [3.8, 4) is 5.75 Å². The molecule has 4 atom stereocenters. The Morgan fingerprint density at radius 1 is 1.02 bits per heavy atom. The number of aliphatic hydroxyl groups excluding tert-OH is 1. The van der Waals surface area contributed by atoms with Crippen molar-refractivity contribution in [3.05, 3.63) is 81.1 Å². The molecule has 10 nitrogen and oxygen atoms in total. The van der Waals surface area contributed by atoms with Crippen LogP contribution in [0.3, 0.4) is 0 Å². The number of hydroxylamine groups is 3. The lowest BCUT2D eigenvalue weighted by Gasteiger charge is -2.48. The summed E-state index contributed by atoms with van der Waals surface area (Å²) in [6, 6.07) is 3.82. The molecule has 5 heterocycles. The second kappa shape index (κ2) is 16.8. The van der Waals surface area contributed by atoms with Crippen LogP contribution in [0.5, 0.6) is 5.75 Å². The van der Waals surface area contributed by atoms with Crippen LogP contribution in [0.15, 0.2) is 48.0 Å². The van der Waals surface area contributed by atoms with Crippen molar-refractivity contribution in [2.24, 2.45) is 5.92 Å². The molecule has 0 spiro atoms. The van der Waals surface area contributed by atoms with Gasteiger partial charge in [0.25, 0.3) is 11.8 Å². The highest BCUT2D eigenvalue weighted by atomic mass is 32.1. The number of likely N-dealkylation sites (tertiary alicyclic amines) is 1. The molecule has 18 heteroatoms. The van der Waals surface area contributed by atoms with E-state index in [4.69, 9.17) is 4.84 Å². The van der Waals surface area contributed by atoms with E-state index in [1.54, 1.807) is 0 Å².